The standard InChI is InChI=1S/C22H27F3N4O2.HI/c1-26-22(28-14-18-19(23)7-4-8-20(18)31-21(24)25)27-13-16-5-2-3-6-17(16)15-29-9-11-30-12-10-29;/h2-8,21H,9-15H2,1H3,(H2,26,27,28);1H. The van der Waals surface area contributed by atoms with Crippen molar-refractivity contribution in [2.45, 2.75) is 26.2 Å². The number of aliphatic imine (C=N–C) groups is 1. The minimum absolute atomic E-state index is 0. The molecule has 2 N–H and O–H groups in total. The quantitative estimate of drug-likeness (QED) is 0.291. The zero-order valence-electron chi connectivity index (χ0n) is 17.8. The van der Waals surface area contributed by atoms with Crippen LogP contribution in [0.3, 0.4) is 0 Å². The summed E-state index contributed by atoms with van der Waals surface area (Å²) in [7, 11) is 1.59. The first kappa shape index (κ1) is 26.2. The molecule has 10 heteroatoms. The van der Waals surface area contributed by atoms with Crippen molar-refractivity contribution in [2.24, 2.45) is 4.99 Å². The molecule has 3 rings (SSSR count). The number of nitrogens with zero attached hydrogens (tertiary/aromatic N) is 2. The maximum Gasteiger partial charge on any atom is 0.387 e. The van der Waals surface area contributed by atoms with Crippen LogP contribution in [0.5, 0.6) is 5.75 Å². The minimum atomic E-state index is -3.03. The number of ether oxygens (including phenoxy) is 2. The SMILES string of the molecule is CN=C(NCc1ccccc1CN1CCOCC1)NCc1c(F)cccc1OC(F)F.I. The van der Waals surface area contributed by atoms with Gasteiger partial charge in [-0.15, -0.1) is 24.0 Å². The van der Waals surface area contributed by atoms with Gasteiger partial charge in [-0.1, -0.05) is 30.3 Å². The molecule has 1 aliphatic heterocycles. The van der Waals surface area contributed by atoms with Gasteiger partial charge < -0.3 is 20.1 Å². The van der Waals surface area contributed by atoms with Gasteiger partial charge in [0.2, 0.25) is 0 Å². The van der Waals surface area contributed by atoms with Crippen LogP contribution >= 0.6 is 24.0 Å². The second-order valence-electron chi connectivity index (χ2n) is 7.03. The monoisotopic (exact) mass is 564 g/mol. The number of hydrogen-bond acceptors (Lipinski definition) is 4. The Bertz CT molecular complexity index is 880. The molecule has 1 aliphatic rings. The average molecular weight is 564 g/mol. The number of nitrogens with one attached hydrogen (secondary N) is 2. The summed E-state index contributed by atoms with van der Waals surface area (Å²) in [6.45, 7) is 1.54. The Morgan fingerprint density at radius 3 is 2.44 bits per heavy atom. The molecule has 0 aliphatic carbocycles. The van der Waals surface area contributed by atoms with Crippen LogP contribution in [0, 0.1) is 5.82 Å². The third kappa shape index (κ3) is 7.82. The van der Waals surface area contributed by atoms with Crippen LogP contribution in [0.25, 0.3) is 0 Å². The van der Waals surface area contributed by atoms with E-state index in [-0.39, 0.29) is 41.8 Å². The second-order valence-corrected chi connectivity index (χ2v) is 7.03. The Kier molecular flexibility index (Phi) is 11.0. The smallest absolute Gasteiger partial charge is 0.387 e. The normalized spacial score (nSPS) is 14.7. The molecule has 0 amide bonds. The third-order valence-electron chi connectivity index (χ3n) is 5.01. The fraction of sp³-hybridized carbons (Fsp3) is 0.409. The van der Waals surface area contributed by atoms with E-state index in [2.05, 4.69) is 31.3 Å². The highest BCUT2D eigenvalue weighted by Gasteiger charge is 2.15. The van der Waals surface area contributed by atoms with Gasteiger partial charge in [-0.25, -0.2) is 4.39 Å². The van der Waals surface area contributed by atoms with Gasteiger partial charge >= 0.3 is 6.61 Å². The molecule has 1 saturated heterocycles. The molecule has 176 valence electrons. The lowest BCUT2D eigenvalue weighted by Crippen LogP contribution is -2.38. The number of alkyl halides is 2. The number of morpholine rings is 1. The van der Waals surface area contributed by atoms with Crippen LogP contribution in [-0.2, 0) is 24.4 Å². The van der Waals surface area contributed by atoms with Gasteiger partial charge in [-0.05, 0) is 23.3 Å². The lowest BCUT2D eigenvalue weighted by Gasteiger charge is -2.27. The molecule has 0 atom stereocenters. The van der Waals surface area contributed by atoms with Crippen molar-refractivity contribution < 1.29 is 22.6 Å². The third-order valence-corrected chi connectivity index (χ3v) is 5.01. The summed E-state index contributed by atoms with van der Waals surface area (Å²) >= 11 is 0. The van der Waals surface area contributed by atoms with Crippen molar-refractivity contribution in [1.82, 2.24) is 15.5 Å². The van der Waals surface area contributed by atoms with Crippen molar-refractivity contribution in [2.75, 3.05) is 33.4 Å². The first-order chi connectivity index (χ1) is 15.1. The molecular formula is C22H28F3IN4O2. The summed E-state index contributed by atoms with van der Waals surface area (Å²) in [5.41, 5.74) is 2.33. The van der Waals surface area contributed by atoms with Crippen molar-refractivity contribution in [3.8, 4) is 5.75 Å². The number of halogens is 4. The largest absolute Gasteiger partial charge is 0.434 e. The lowest BCUT2D eigenvalue weighted by molar-refractivity contribution is -0.0506. The predicted octanol–water partition coefficient (Wildman–Crippen LogP) is 3.74. The Morgan fingerprint density at radius 1 is 1.06 bits per heavy atom. The second kappa shape index (κ2) is 13.5. The van der Waals surface area contributed by atoms with E-state index in [1.807, 2.05) is 18.2 Å². The van der Waals surface area contributed by atoms with Crippen molar-refractivity contribution in [1.29, 1.82) is 0 Å². The Hall–Kier alpha value is -2.05. The number of hydrogen-bond donors (Lipinski definition) is 2. The molecule has 1 heterocycles. The van der Waals surface area contributed by atoms with Crippen molar-refractivity contribution in [3.05, 3.63) is 65.0 Å². The van der Waals surface area contributed by atoms with Crippen molar-refractivity contribution in [3.63, 3.8) is 0 Å². The summed E-state index contributed by atoms with van der Waals surface area (Å²) in [5, 5.41) is 6.16. The van der Waals surface area contributed by atoms with E-state index < -0.39 is 12.4 Å². The maximum atomic E-state index is 14.1. The van der Waals surface area contributed by atoms with Gasteiger partial charge in [0.05, 0.1) is 13.2 Å². The molecule has 2 aromatic rings. The first-order valence-corrected chi connectivity index (χ1v) is 10.1. The molecule has 6 nitrogen and oxygen atoms in total. The van der Waals surface area contributed by atoms with E-state index >= 15 is 0 Å². The van der Waals surface area contributed by atoms with E-state index in [4.69, 9.17) is 4.74 Å². The molecule has 32 heavy (non-hydrogen) atoms. The zero-order valence-corrected chi connectivity index (χ0v) is 20.2. The van der Waals surface area contributed by atoms with Crippen LogP contribution in [0.4, 0.5) is 13.2 Å². The van der Waals surface area contributed by atoms with E-state index in [1.165, 1.54) is 23.8 Å². The topological polar surface area (TPSA) is 58.1 Å². The van der Waals surface area contributed by atoms with Gasteiger partial charge in [-0.3, -0.25) is 9.89 Å². The van der Waals surface area contributed by atoms with Gasteiger partial charge in [-0.2, -0.15) is 8.78 Å². The summed E-state index contributed by atoms with van der Waals surface area (Å²) in [6, 6.07) is 12.0. The molecule has 2 aromatic carbocycles. The molecule has 0 saturated carbocycles. The minimum Gasteiger partial charge on any atom is -0.434 e. The zero-order chi connectivity index (χ0) is 22.1. The molecule has 0 radical (unpaired) electrons. The highest BCUT2D eigenvalue weighted by molar-refractivity contribution is 14.0. The maximum absolute atomic E-state index is 14.1. The van der Waals surface area contributed by atoms with Crippen LogP contribution < -0.4 is 15.4 Å². The average Bonchev–Trinajstić information content (AvgIpc) is 2.76. The van der Waals surface area contributed by atoms with Gasteiger partial charge in [0.15, 0.2) is 5.96 Å². The van der Waals surface area contributed by atoms with Gasteiger partial charge in [0.25, 0.3) is 0 Å². The Labute approximate surface area is 203 Å². The van der Waals surface area contributed by atoms with Crippen LogP contribution in [-0.4, -0.2) is 50.8 Å². The molecule has 0 spiro atoms. The molecule has 1 fully saturated rings. The highest BCUT2D eigenvalue weighted by Crippen LogP contribution is 2.23. The van der Waals surface area contributed by atoms with E-state index in [9.17, 15) is 13.2 Å². The predicted molar refractivity (Wildman–Crippen MR) is 128 cm³/mol. The molecule has 0 unspecified atom stereocenters. The fourth-order valence-electron chi connectivity index (χ4n) is 3.37. The van der Waals surface area contributed by atoms with E-state index in [1.54, 1.807) is 7.05 Å². The number of guanidine groups is 1. The highest BCUT2D eigenvalue weighted by atomic mass is 127. The fourth-order valence-corrected chi connectivity index (χ4v) is 3.37. The van der Waals surface area contributed by atoms with Crippen LogP contribution in [0.2, 0.25) is 0 Å². The van der Waals surface area contributed by atoms with E-state index in [0.717, 1.165) is 38.4 Å². The summed E-state index contributed by atoms with van der Waals surface area (Å²) < 4.78 is 49.2. The van der Waals surface area contributed by atoms with Gasteiger partial charge in [0.1, 0.15) is 11.6 Å². The number of rotatable bonds is 8. The number of benzene rings is 2. The summed E-state index contributed by atoms with van der Waals surface area (Å²) in [5.74, 6) is -0.404. The Balaban J connectivity index is 0.00000363. The van der Waals surface area contributed by atoms with Gasteiger partial charge in [0, 0.05) is 45.3 Å². The first-order valence-electron chi connectivity index (χ1n) is 10.1. The Morgan fingerprint density at radius 2 is 1.75 bits per heavy atom. The lowest BCUT2D eigenvalue weighted by atomic mass is 10.1. The summed E-state index contributed by atoms with van der Waals surface area (Å²) in [4.78, 5) is 6.49. The van der Waals surface area contributed by atoms with Crippen LogP contribution in [0.1, 0.15) is 16.7 Å². The molecule has 0 bridgehead atoms. The van der Waals surface area contributed by atoms with E-state index in [0.29, 0.717) is 12.5 Å². The summed E-state index contributed by atoms with van der Waals surface area (Å²) in [6.07, 6.45) is 0. The molecule has 0 aromatic heterocycles. The van der Waals surface area contributed by atoms with Crippen molar-refractivity contribution >= 4 is 29.9 Å². The van der Waals surface area contributed by atoms with Crippen LogP contribution in [0.15, 0.2) is 47.5 Å². The molecular weight excluding hydrogens is 536 g/mol.